The second-order valence-corrected chi connectivity index (χ2v) is 8.72. The number of rotatable bonds is 5. The summed E-state index contributed by atoms with van der Waals surface area (Å²) in [5.41, 5.74) is 4.48. The summed E-state index contributed by atoms with van der Waals surface area (Å²) in [6.45, 7) is 5.44. The van der Waals surface area contributed by atoms with Crippen LogP contribution in [0.1, 0.15) is 44.2 Å². The Morgan fingerprint density at radius 2 is 1.48 bits per heavy atom. The van der Waals surface area contributed by atoms with E-state index in [1.807, 2.05) is 61.5 Å². The normalized spacial score (nSPS) is 12.4. The number of hydrogen-bond donors (Lipinski definition) is 2. The van der Waals surface area contributed by atoms with Gasteiger partial charge in [-0.05, 0) is 55.2 Å². The molecule has 0 fully saturated rings. The quantitative estimate of drug-likeness (QED) is 0.673. The van der Waals surface area contributed by atoms with Crippen LogP contribution in [-0.2, 0) is 10.0 Å². The van der Waals surface area contributed by atoms with Crippen molar-refractivity contribution in [3.8, 4) is 0 Å². The number of aryl methyl sites for hydroxylation is 2. The van der Waals surface area contributed by atoms with Crippen molar-refractivity contribution in [2.75, 3.05) is 0 Å². The van der Waals surface area contributed by atoms with Gasteiger partial charge in [0.25, 0.3) is 5.91 Å². The van der Waals surface area contributed by atoms with Gasteiger partial charge in [0.15, 0.2) is 0 Å². The Morgan fingerprint density at radius 1 is 0.897 bits per heavy atom. The first-order chi connectivity index (χ1) is 13.7. The van der Waals surface area contributed by atoms with Crippen LogP contribution in [0.15, 0.2) is 71.6 Å². The summed E-state index contributed by atoms with van der Waals surface area (Å²) in [7, 11) is -3.93. The Bertz CT molecular complexity index is 1140. The fourth-order valence-corrected chi connectivity index (χ4v) is 4.11. The highest BCUT2D eigenvalue weighted by molar-refractivity contribution is 7.89. The zero-order valence-corrected chi connectivity index (χ0v) is 17.5. The van der Waals surface area contributed by atoms with Gasteiger partial charge < -0.3 is 5.32 Å². The van der Waals surface area contributed by atoms with Crippen LogP contribution in [0.5, 0.6) is 0 Å². The lowest BCUT2D eigenvalue weighted by atomic mass is 9.97. The molecule has 1 unspecified atom stereocenters. The van der Waals surface area contributed by atoms with E-state index in [1.165, 1.54) is 6.07 Å². The molecule has 0 saturated carbocycles. The molecular weight excluding hydrogens is 384 g/mol. The third-order valence-corrected chi connectivity index (χ3v) is 6.04. The molecule has 6 heteroatoms. The summed E-state index contributed by atoms with van der Waals surface area (Å²) in [4.78, 5) is 13.0. The highest BCUT2D eigenvalue weighted by atomic mass is 32.2. The van der Waals surface area contributed by atoms with E-state index in [2.05, 4.69) is 5.32 Å². The molecule has 3 aromatic rings. The maximum Gasteiger partial charge on any atom is 0.252 e. The van der Waals surface area contributed by atoms with Crippen molar-refractivity contribution >= 4 is 15.9 Å². The molecule has 3 rings (SSSR count). The van der Waals surface area contributed by atoms with Crippen molar-refractivity contribution < 1.29 is 13.2 Å². The summed E-state index contributed by atoms with van der Waals surface area (Å²) in [5.74, 6) is -0.368. The van der Waals surface area contributed by atoms with Crippen LogP contribution in [0.25, 0.3) is 0 Å². The lowest BCUT2D eigenvalue weighted by Crippen LogP contribution is -2.30. The second-order valence-electron chi connectivity index (χ2n) is 7.19. The Labute approximate surface area is 171 Å². The average Bonchev–Trinajstić information content (AvgIpc) is 2.68. The molecule has 150 valence electrons. The molecule has 0 aromatic heterocycles. The van der Waals surface area contributed by atoms with Gasteiger partial charge in [-0.25, -0.2) is 13.6 Å². The van der Waals surface area contributed by atoms with Crippen molar-refractivity contribution in [3.05, 3.63) is 100 Å². The first kappa shape index (κ1) is 20.8. The molecule has 0 heterocycles. The Hall–Kier alpha value is -2.96. The van der Waals surface area contributed by atoms with Crippen molar-refractivity contribution in [1.29, 1.82) is 0 Å². The van der Waals surface area contributed by atoms with Gasteiger partial charge >= 0.3 is 0 Å². The predicted octanol–water partition coefficient (Wildman–Crippen LogP) is 3.78. The molecule has 0 aliphatic carbocycles. The van der Waals surface area contributed by atoms with E-state index in [4.69, 9.17) is 5.14 Å². The third-order valence-electron chi connectivity index (χ3n) is 5.01. The molecule has 0 aliphatic rings. The number of amides is 1. The lowest BCUT2D eigenvalue weighted by molar-refractivity contribution is 0.0942. The number of hydrogen-bond acceptors (Lipinski definition) is 3. The second kappa shape index (κ2) is 8.19. The molecular formula is C23H24N2O3S. The highest BCUT2D eigenvalue weighted by Gasteiger charge is 2.21. The molecule has 1 atom stereocenters. The maximum absolute atomic E-state index is 13.1. The largest absolute Gasteiger partial charge is 0.341 e. The molecule has 3 N–H and O–H groups in total. The highest BCUT2D eigenvalue weighted by Crippen LogP contribution is 2.25. The van der Waals surface area contributed by atoms with Crippen LogP contribution in [0.4, 0.5) is 0 Å². The summed E-state index contributed by atoms with van der Waals surface area (Å²) in [6, 6.07) is 20.2. The van der Waals surface area contributed by atoms with E-state index in [1.54, 1.807) is 19.9 Å². The summed E-state index contributed by atoms with van der Waals surface area (Å²) >= 11 is 0. The molecule has 0 spiro atoms. The van der Waals surface area contributed by atoms with Gasteiger partial charge in [-0.15, -0.1) is 0 Å². The molecule has 0 saturated heterocycles. The number of carbonyl (C=O) groups excluding carboxylic acids is 1. The zero-order valence-electron chi connectivity index (χ0n) is 16.6. The van der Waals surface area contributed by atoms with Gasteiger partial charge in [0.2, 0.25) is 10.0 Å². The van der Waals surface area contributed by atoms with Crippen molar-refractivity contribution in [3.63, 3.8) is 0 Å². The minimum absolute atomic E-state index is 0.0331. The SMILES string of the molecule is Cc1ccc(C(NC(=O)c2cc(C)c(C)c(S(N)(=O)=O)c2)c2ccccc2)cc1. The molecule has 3 aromatic carbocycles. The van der Waals surface area contributed by atoms with Crippen LogP contribution in [0.2, 0.25) is 0 Å². The number of benzene rings is 3. The van der Waals surface area contributed by atoms with Gasteiger partial charge in [0.1, 0.15) is 0 Å². The number of nitrogens with one attached hydrogen (secondary N) is 1. The number of primary sulfonamides is 1. The minimum atomic E-state index is -3.93. The van der Waals surface area contributed by atoms with Crippen LogP contribution in [-0.4, -0.2) is 14.3 Å². The van der Waals surface area contributed by atoms with Gasteiger partial charge in [0, 0.05) is 5.56 Å². The molecule has 0 aliphatic heterocycles. The number of nitrogens with two attached hydrogens (primary N) is 1. The van der Waals surface area contributed by atoms with Gasteiger partial charge in [-0.2, -0.15) is 0 Å². The molecule has 0 bridgehead atoms. The summed E-state index contributed by atoms with van der Waals surface area (Å²) in [6.07, 6.45) is 0. The van der Waals surface area contributed by atoms with Crippen LogP contribution >= 0.6 is 0 Å². The fourth-order valence-electron chi connectivity index (χ4n) is 3.23. The standard InChI is InChI=1S/C23H24N2O3S/c1-15-9-11-19(12-10-15)22(18-7-5-4-6-8-18)25-23(26)20-13-16(2)17(3)21(14-20)29(24,27)28/h4-14,22H,1-3H3,(H,25,26)(H2,24,27,28). The Balaban J connectivity index is 2.02. The van der Waals surface area contributed by atoms with Crippen molar-refractivity contribution in [1.82, 2.24) is 5.32 Å². The summed E-state index contributed by atoms with van der Waals surface area (Å²) in [5, 5.41) is 8.37. The molecule has 29 heavy (non-hydrogen) atoms. The van der Waals surface area contributed by atoms with E-state index in [0.29, 0.717) is 11.1 Å². The molecule has 5 nitrogen and oxygen atoms in total. The first-order valence-corrected chi connectivity index (χ1v) is 10.8. The van der Waals surface area contributed by atoms with E-state index in [0.717, 1.165) is 16.7 Å². The Morgan fingerprint density at radius 3 is 2.07 bits per heavy atom. The van der Waals surface area contributed by atoms with Crippen LogP contribution < -0.4 is 10.5 Å². The monoisotopic (exact) mass is 408 g/mol. The lowest BCUT2D eigenvalue weighted by Gasteiger charge is -2.21. The van der Waals surface area contributed by atoms with Crippen LogP contribution in [0.3, 0.4) is 0 Å². The molecule has 0 radical (unpaired) electrons. The smallest absolute Gasteiger partial charge is 0.252 e. The van der Waals surface area contributed by atoms with Crippen molar-refractivity contribution in [2.45, 2.75) is 31.7 Å². The predicted molar refractivity (Wildman–Crippen MR) is 114 cm³/mol. The average molecular weight is 409 g/mol. The Kier molecular flexibility index (Phi) is 5.86. The maximum atomic E-state index is 13.1. The van der Waals surface area contributed by atoms with E-state index >= 15 is 0 Å². The first-order valence-electron chi connectivity index (χ1n) is 9.23. The number of carbonyl (C=O) groups is 1. The zero-order chi connectivity index (χ0) is 21.2. The van der Waals surface area contributed by atoms with E-state index < -0.39 is 10.0 Å². The summed E-state index contributed by atoms with van der Waals surface area (Å²) < 4.78 is 23.8. The van der Waals surface area contributed by atoms with Gasteiger partial charge in [-0.3, -0.25) is 4.79 Å². The van der Waals surface area contributed by atoms with Crippen LogP contribution in [0, 0.1) is 20.8 Å². The van der Waals surface area contributed by atoms with Gasteiger partial charge in [0.05, 0.1) is 10.9 Å². The van der Waals surface area contributed by atoms with Crippen molar-refractivity contribution in [2.24, 2.45) is 5.14 Å². The van der Waals surface area contributed by atoms with E-state index in [-0.39, 0.29) is 22.4 Å². The third kappa shape index (κ3) is 4.72. The number of sulfonamides is 1. The van der Waals surface area contributed by atoms with Gasteiger partial charge in [-0.1, -0.05) is 60.2 Å². The molecule has 1 amide bonds. The fraction of sp³-hybridized carbons (Fsp3) is 0.174. The van der Waals surface area contributed by atoms with E-state index in [9.17, 15) is 13.2 Å². The topological polar surface area (TPSA) is 89.3 Å². The minimum Gasteiger partial charge on any atom is -0.341 e.